The molecule has 0 unspecified atom stereocenters. The summed E-state index contributed by atoms with van der Waals surface area (Å²) in [7, 11) is 0. The van der Waals surface area contributed by atoms with Crippen LogP contribution in [-0.2, 0) is 10.3 Å². The first-order valence-corrected chi connectivity index (χ1v) is 11.3. The van der Waals surface area contributed by atoms with E-state index in [1.54, 1.807) is 19.2 Å². The lowest BCUT2D eigenvalue weighted by atomic mass is 10.0. The SMILES string of the molecule is CCOC(=O)c1ccc(C2(Nc3nccc4cccc(Oc5cccc(Cl)c5)c34)CC2)cc1. The molecule has 0 saturated heterocycles. The monoisotopic (exact) mass is 458 g/mol. The van der Waals surface area contributed by atoms with Crippen LogP contribution in [0, 0.1) is 0 Å². The van der Waals surface area contributed by atoms with Gasteiger partial charge >= 0.3 is 5.97 Å². The molecule has 33 heavy (non-hydrogen) atoms. The van der Waals surface area contributed by atoms with Crippen LogP contribution in [0.5, 0.6) is 11.5 Å². The summed E-state index contributed by atoms with van der Waals surface area (Å²) in [5.41, 5.74) is 1.44. The topological polar surface area (TPSA) is 60.5 Å². The Morgan fingerprint density at radius 3 is 2.58 bits per heavy atom. The van der Waals surface area contributed by atoms with Crippen LogP contribution in [0.2, 0.25) is 5.02 Å². The van der Waals surface area contributed by atoms with E-state index in [0.29, 0.717) is 28.7 Å². The molecule has 1 saturated carbocycles. The van der Waals surface area contributed by atoms with Crippen molar-refractivity contribution in [2.24, 2.45) is 0 Å². The molecule has 3 aromatic carbocycles. The number of anilines is 1. The van der Waals surface area contributed by atoms with Crippen LogP contribution < -0.4 is 10.1 Å². The van der Waals surface area contributed by atoms with Crippen LogP contribution in [0.3, 0.4) is 0 Å². The molecule has 0 atom stereocenters. The second-order valence-corrected chi connectivity index (χ2v) is 8.51. The van der Waals surface area contributed by atoms with E-state index in [1.165, 1.54) is 0 Å². The molecule has 0 radical (unpaired) electrons. The molecule has 6 heteroatoms. The fraction of sp³-hybridized carbons (Fsp3) is 0.185. The first kappa shape index (κ1) is 21.3. The van der Waals surface area contributed by atoms with E-state index in [2.05, 4.69) is 10.3 Å². The molecule has 1 N–H and O–H groups in total. The lowest BCUT2D eigenvalue weighted by Gasteiger charge is -2.21. The molecular weight excluding hydrogens is 436 g/mol. The fourth-order valence-corrected chi connectivity index (χ4v) is 4.19. The molecule has 1 heterocycles. The Labute approximate surface area is 197 Å². The highest BCUT2D eigenvalue weighted by atomic mass is 35.5. The minimum absolute atomic E-state index is 0.225. The van der Waals surface area contributed by atoms with Gasteiger partial charge in [-0.1, -0.05) is 41.9 Å². The summed E-state index contributed by atoms with van der Waals surface area (Å²) in [4.78, 5) is 16.7. The molecule has 0 spiro atoms. The van der Waals surface area contributed by atoms with Crippen LogP contribution in [0.15, 0.2) is 79.0 Å². The van der Waals surface area contributed by atoms with Gasteiger partial charge in [0.15, 0.2) is 0 Å². The number of benzene rings is 3. The van der Waals surface area contributed by atoms with Crippen molar-refractivity contribution in [3.63, 3.8) is 0 Å². The van der Waals surface area contributed by atoms with Gasteiger partial charge in [-0.25, -0.2) is 9.78 Å². The van der Waals surface area contributed by atoms with Gasteiger partial charge in [0, 0.05) is 11.2 Å². The van der Waals surface area contributed by atoms with Gasteiger partial charge in [0.05, 0.1) is 23.1 Å². The van der Waals surface area contributed by atoms with Crippen LogP contribution in [0.25, 0.3) is 10.8 Å². The predicted octanol–water partition coefficient (Wildman–Crippen LogP) is 6.96. The normalized spacial score (nSPS) is 14.0. The maximum Gasteiger partial charge on any atom is 0.338 e. The van der Waals surface area contributed by atoms with E-state index in [1.807, 2.05) is 66.7 Å². The minimum atomic E-state index is -0.305. The van der Waals surface area contributed by atoms with Gasteiger partial charge in [-0.3, -0.25) is 0 Å². The predicted molar refractivity (Wildman–Crippen MR) is 130 cm³/mol. The number of halogens is 1. The number of esters is 1. The minimum Gasteiger partial charge on any atom is -0.462 e. The molecule has 5 rings (SSSR count). The standard InChI is InChI=1S/C27H23ClN2O3/c1-2-32-26(31)19-9-11-20(12-10-19)27(14-15-27)30-25-24-18(13-16-29-25)5-3-8-23(24)33-22-7-4-6-21(28)17-22/h3-13,16-17H,2,14-15H2,1H3,(H,29,30). The second-order valence-electron chi connectivity index (χ2n) is 8.08. The molecule has 5 nitrogen and oxygen atoms in total. The highest BCUT2D eigenvalue weighted by molar-refractivity contribution is 6.30. The van der Waals surface area contributed by atoms with Gasteiger partial charge in [0.1, 0.15) is 17.3 Å². The number of nitrogens with zero attached hydrogens (tertiary/aromatic N) is 1. The van der Waals surface area contributed by atoms with Gasteiger partial charge in [-0.05, 0) is 73.2 Å². The van der Waals surface area contributed by atoms with Gasteiger partial charge in [-0.2, -0.15) is 0 Å². The third kappa shape index (κ3) is 4.37. The summed E-state index contributed by atoms with van der Waals surface area (Å²) in [5.74, 6) is 1.83. The summed E-state index contributed by atoms with van der Waals surface area (Å²) in [6.45, 7) is 2.16. The summed E-state index contributed by atoms with van der Waals surface area (Å²) in [5, 5.41) is 6.22. The average Bonchev–Trinajstić information content (AvgIpc) is 3.60. The number of fused-ring (bicyclic) bond motifs is 1. The van der Waals surface area contributed by atoms with Crippen LogP contribution in [0.1, 0.15) is 35.7 Å². The number of carbonyl (C=O) groups is 1. The summed E-state index contributed by atoms with van der Waals surface area (Å²) in [6, 6.07) is 22.9. The van der Waals surface area contributed by atoms with Crippen LogP contribution >= 0.6 is 11.6 Å². The zero-order chi connectivity index (χ0) is 22.8. The Kier molecular flexibility index (Phi) is 5.65. The van der Waals surface area contributed by atoms with Gasteiger partial charge < -0.3 is 14.8 Å². The number of rotatable bonds is 7. The third-order valence-corrected chi connectivity index (χ3v) is 6.07. The van der Waals surface area contributed by atoms with Crippen LogP contribution in [0.4, 0.5) is 5.82 Å². The van der Waals surface area contributed by atoms with Crippen molar-refractivity contribution in [1.82, 2.24) is 4.98 Å². The fourth-order valence-electron chi connectivity index (χ4n) is 4.01. The Bertz CT molecular complexity index is 1310. The molecule has 0 aliphatic heterocycles. The van der Waals surface area contributed by atoms with Gasteiger partial charge in [0.2, 0.25) is 0 Å². The van der Waals surface area contributed by atoms with Crippen LogP contribution in [-0.4, -0.2) is 17.6 Å². The number of ether oxygens (including phenoxy) is 2. The molecule has 0 bridgehead atoms. The smallest absolute Gasteiger partial charge is 0.338 e. The van der Waals surface area contributed by atoms with E-state index in [4.69, 9.17) is 21.1 Å². The van der Waals surface area contributed by atoms with Gasteiger partial charge in [0.25, 0.3) is 0 Å². The Balaban J connectivity index is 1.47. The zero-order valence-electron chi connectivity index (χ0n) is 18.2. The highest BCUT2D eigenvalue weighted by Gasteiger charge is 2.45. The number of aromatic nitrogens is 1. The maximum absolute atomic E-state index is 12.0. The maximum atomic E-state index is 12.0. The molecule has 1 aromatic heterocycles. The summed E-state index contributed by atoms with van der Waals surface area (Å²) < 4.78 is 11.3. The zero-order valence-corrected chi connectivity index (χ0v) is 18.9. The summed E-state index contributed by atoms with van der Waals surface area (Å²) in [6.07, 6.45) is 3.75. The van der Waals surface area contributed by atoms with Crippen molar-refractivity contribution < 1.29 is 14.3 Å². The number of carbonyl (C=O) groups excluding carboxylic acids is 1. The van der Waals surface area contributed by atoms with E-state index >= 15 is 0 Å². The van der Waals surface area contributed by atoms with E-state index < -0.39 is 0 Å². The largest absolute Gasteiger partial charge is 0.462 e. The number of hydrogen-bond donors (Lipinski definition) is 1. The summed E-state index contributed by atoms with van der Waals surface area (Å²) >= 11 is 6.14. The van der Waals surface area contributed by atoms with Crippen molar-refractivity contribution in [1.29, 1.82) is 0 Å². The molecular formula is C27H23ClN2O3. The lowest BCUT2D eigenvalue weighted by Crippen LogP contribution is -2.20. The highest BCUT2D eigenvalue weighted by Crippen LogP contribution is 2.49. The van der Waals surface area contributed by atoms with Gasteiger partial charge in [-0.15, -0.1) is 0 Å². The first-order valence-electron chi connectivity index (χ1n) is 10.9. The first-order chi connectivity index (χ1) is 16.1. The Hall–Kier alpha value is -3.57. The third-order valence-electron chi connectivity index (χ3n) is 5.83. The molecule has 1 aliphatic rings. The molecule has 1 fully saturated rings. The Morgan fingerprint density at radius 2 is 1.85 bits per heavy atom. The van der Waals surface area contributed by atoms with Crippen molar-refractivity contribution in [2.75, 3.05) is 11.9 Å². The second kappa shape index (κ2) is 8.75. The molecule has 1 aliphatic carbocycles. The molecule has 4 aromatic rings. The number of hydrogen-bond acceptors (Lipinski definition) is 5. The van der Waals surface area contributed by atoms with Crippen molar-refractivity contribution in [3.05, 3.63) is 95.1 Å². The number of pyridine rings is 1. The van der Waals surface area contributed by atoms with E-state index in [-0.39, 0.29) is 11.5 Å². The van der Waals surface area contributed by atoms with E-state index in [9.17, 15) is 4.79 Å². The quantitative estimate of drug-likeness (QED) is 0.303. The van der Waals surface area contributed by atoms with Crippen molar-refractivity contribution in [3.8, 4) is 11.5 Å². The van der Waals surface area contributed by atoms with E-state index in [0.717, 1.165) is 35.0 Å². The van der Waals surface area contributed by atoms with Crippen molar-refractivity contribution in [2.45, 2.75) is 25.3 Å². The molecule has 166 valence electrons. The lowest BCUT2D eigenvalue weighted by molar-refractivity contribution is 0.0526. The Morgan fingerprint density at radius 1 is 1.06 bits per heavy atom. The van der Waals surface area contributed by atoms with Crippen molar-refractivity contribution >= 4 is 34.2 Å². The molecule has 0 amide bonds. The number of nitrogens with one attached hydrogen (secondary N) is 1. The average molecular weight is 459 g/mol.